The minimum Gasteiger partial charge on any atom is -0.465 e. The van der Waals surface area contributed by atoms with Crippen molar-refractivity contribution in [2.75, 3.05) is 13.7 Å². The van der Waals surface area contributed by atoms with Crippen molar-refractivity contribution in [2.45, 2.75) is 26.1 Å². The number of rotatable bonds is 7. The predicted octanol–water partition coefficient (Wildman–Crippen LogP) is 3.71. The maximum atomic E-state index is 13.6. The lowest BCUT2D eigenvalue weighted by molar-refractivity contribution is -0.141. The van der Waals surface area contributed by atoms with Crippen molar-refractivity contribution in [1.82, 2.24) is 24.1 Å². The molecule has 12 heteroatoms. The van der Waals surface area contributed by atoms with E-state index in [0.29, 0.717) is 23.3 Å². The van der Waals surface area contributed by atoms with Gasteiger partial charge in [-0.25, -0.2) is 14.8 Å². The molecule has 34 heavy (non-hydrogen) atoms. The number of benzene rings is 1. The van der Waals surface area contributed by atoms with Crippen molar-refractivity contribution in [2.24, 2.45) is 5.73 Å². The number of carbonyl (C=O) groups is 1. The predicted molar refractivity (Wildman–Crippen MR) is 115 cm³/mol. The van der Waals surface area contributed by atoms with Crippen molar-refractivity contribution < 1.29 is 27.4 Å². The van der Waals surface area contributed by atoms with Gasteiger partial charge in [0.05, 0.1) is 36.7 Å². The highest BCUT2D eigenvalue weighted by Crippen LogP contribution is 2.37. The van der Waals surface area contributed by atoms with Crippen LogP contribution in [0.2, 0.25) is 0 Å². The molecule has 2 N–H and O–H groups in total. The van der Waals surface area contributed by atoms with E-state index < -0.39 is 17.8 Å². The second-order valence-electron chi connectivity index (χ2n) is 7.28. The zero-order valence-corrected chi connectivity index (χ0v) is 18.3. The quantitative estimate of drug-likeness (QED) is 0.407. The zero-order valence-electron chi connectivity index (χ0n) is 18.3. The van der Waals surface area contributed by atoms with Gasteiger partial charge in [-0.15, -0.1) is 0 Å². The molecule has 3 aromatic heterocycles. The third kappa shape index (κ3) is 4.31. The lowest BCUT2D eigenvalue weighted by Gasteiger charge is -2.10. The Balaban J connectivity index is 1.75. The number of methoxy groups -OCH3 is 1. The van der Waals surface area contributed by atoms with Gasteiger partial charge in [-0.3, -0.25) is 9.08 Å². The Morgan fingerprint density at radius 3 is 2.71 bits per heavy atom. The number of carbonyl (C=O) groups excluding carboxylic acids is 1. The fourth-order valence-corrected chi connectivity index (χ4v) is 3.58. The van der Waals surface area contributed by atoms with Gasteiger partial charge in [0, 0.05) is 25.1 Å². The molecule has 4 rings (SSSR count). The van der Waals surface area contributed by atoms with Gasteiger partial charge in [-0.05, 0) is 30.2 Å². The first kappa shape index (κ1) is 23.2. The monoisotopic (exact) mass is 474 g/mol. The number of aryl methyl sites for hydroxylation is 1. The summed E-state index contributed by atoms with van der Waals surface area (Å²) in [7, 11) is 1.30. The molecule has 0 bridgehead atoms. The summed E-state index contributed by atoms with van der Waals surface area (Å²) in [5, 5.41) is 3.66. The van der Waals surface area contributed by atoms with E-state index in [1.54, 1.807) is 18.2 Å². The molecule has 0 aliphatic rings. The molecule has 0 amide bonds. The van der Waals surface area contributed by atoms with E-state index in [1.807, 2.05) is 6.92 Å². The minimum absolute atomic E-state index is 0.0875. The maximum Gasteiger partial charge on any atom is 0.435 e. The van der Waals surface area contributed by atoms with Crippen LogP contribution in [0.1, 0.15) is 28.5 Å². The number of nitrogens with two attached hydrogens (primary N) is 1. The SMILES string of the molecule is CCc1cc(Oc2nccn3c(-c4cn(CCN)nc4C(F)(F)F)cnc23)ccc1C(=O)OC. The van der Waals surface area contributed by atoms with E-state index in [1.165, 1.54) is 36.3 Å². The van der Waals surface area contributed by atoms with E-state index >= 15 is 0 Å². The average molecular weight is 474 g/mol. The smallest absolute Gasteiger partial charge is 0.435 e. The number of imidazole rings is 1. The molecule has 0 aliphatic heterocycles. The first-order chi connectivity index (χ1) is 16.3. The van der Waals surface area contributed by atoms with Gasteiger partial charge in [0.25, 0.3) is 5.88 Å². The number of aromatic nitrogens is 5. The molecule has 0 unspecified atom stereocenters. The Morgan fingerprint density at radius 2 is 2.03 bits per heavy atom. The summed E-state index contributed by atoms with van der Waals surface area (Å²) >= 11 is 0. The summed E-state index contributed by atoms with van der Waals surface area (Å²) in [5.41, 5.74) is 5.82. The van der Waals surface area contributed by atoms with Crippen molar-refractivity contribution >= 4 is 11.6 Å². The average Bonchev–Trinajstić information content (AvgIpc) is 3.43. The standard InChI is InChI=1S/C22H21F3N6O3/c1-3-13-10-14(4-5-15(13)21(32)33-2)34-20-19-28-11-17(31(19)9-7-27-20)16-12-30(8-6-26)29-18(16)22(23,24)25/h4-5,7,9-12H,3,6,8,26H2,1-2H3. The van der Waals surface area contributed by atoms with Gasteiger partial charge in [0.1, 0.15) is 5.75 Å². The van der Waals surface area contributed by atoms with Crippen LogP contribution in [-0.4, -0.2) is 43.8 Å². The molecule has 3 heterocycles. The second-order valence-corrected chi connectivity index (χ2v) is 7.28. The number of alkyl halides is 3. The van der Waals surface area contributed by atoms with Crippen molar-refractivity contribution in [3.05, 3.63) is 59.8 Å². The highest BCUT2D eigenvalue weighted by atomic mass is 19.4. The summed E-state index contributed by atoms with van der Waals surface area (Å²) in [5.74, 6) is 0.0168. The normalized spacial score (nSPS) is 11.7. The van der Waals surface area contributed by atoms with Gasteiger partial charge in [-0.2, -0.15) is 18.3 Å². The van der Waals surface area contributed by atoms with E-state index in [2.05, 4.69) is 15.1 Å². The van der Waals surface area contributed by atoms with Crippen LogP contribution in [0.4, 0.5) is 13.2 Å². The Labute approximate surface area is 191 Å². The Bertz CT molecular complexity index is 1350. The highest BCUT2D eigenvalue weighted by molar-refractivity contribution is 5.91. The number of nitrogens with zero attached hydrogens (tertiary/aromatic N) is 5. The first-order valence-electron chi connectivity index (χ1n) is 10.3. The molecule has 0 fully saturated rings. The zero-order chi connectivity index (χ0) is 24.5. The molecule has 0 saturated heterocycles. The lowest BCUT2D eigenvalue weighted by atomic mass is 10.1. The van der Waals surface area contributed by atoms with Crippen LogP contribution in [0.5, 0.6) is 11.6 Å². The summed E-state index contributed by atoms with van der Waals surface area (Å²) in [6.07, 6.45) is 1.38. The lowest BCUT2D eigenvalue weighted by Crippen LogP contribution is -2.12. The Hall–Kier alpha value is -3.93. The summed E-state index contributed by atoms with van der Waals surface area (Å²) in [6, 6.07) is 4.84. The molecule has 0 spiro atoms. The van der Waals surface area contributed by atoms with E-state index in [0.717, 1.165) is 4.68 Å². The summed E-state index contributed by atoms with van der Waals surface area (Å²) in [6.45, 7) is 2.16. The van der Waals surface area contributed by atoms with Gasteiger partial charge in [-0.1, -0.05) is 6.92 Å². The number of fused-ring (bicyclic) bond motifs is 1. The highest BCUT2D eigenvalue weighted by Gasteiger charge is 2.38. The van der Waals surface area contributed by atoms with Crippen LogP contribution in [0, 0.1) is 0 Å². The van der Waals surface area contributed by atoms with Crippen molar-refractivity contribution in [3.8, 4) is 22.9 Å². The van der Waals surface area contributed by atoms with E-state index in [9.17, 15) is 18.0 Å². The summed E-state index contributed by atoms with van der Waals surface area (Å²) in [4.78, 5) is 20.4. The number of halogens is 3. The molecule has 9 nitrogen and oxygen atoms in total. The second kappa shape index (κ2) is 9.14. The third-order valence-corrected chi connectivity index (χ3v) is 5.14. The molecule has 1 aromatic carbocycles. The van der Waals surface area contributed by atoms with Gasteiger partial charge in [0.2, 0.25) is 5.65 Å². The molecule has 0 saturated carbocycles. The molecule has 0 radical (unpaired) electrons. The topological polar surface area (TPSA) is 110 Å². The van der Waals surface area contributed by atoms with Crippen LogP contribution >= 0.6 is 0 Å². The van der Waals surface area contributed by atoms with Gasteiger partial charge < -0.3 is 15.2 Å². The molecular formula is C22H21F3N6O3. The van der Waals surface area contributed by atoms with Gasteiger partial charge in [0.15, 0.2) is 5.69 Å². The number of hydrogen-bond donors (Lipinski definition) is 1. The largest absolute Gasteiger partial charge is 0.465 e. The molecule has 4 aromatic rings. The Morgan fingerprint density at radius 1 is 1.24 bits per heavy atom. The first-order valence-corrected chi connectivity index (χ1v) is 10.3. The van der Waals surface area contributed by atoms with Crippen LogP contribution in [0.25, 0.3) is 16.9 Å². The van der Waals surface area contributed by atoms with Crippen LogP contribution in [0.15, 0.2) is 43.0 Å². The number of ether oxygens (including phenoxy) is 2. The Kier molecular flexibility index (Phi) is 6.24. The maximum absolute atomic E-state index is 13.6. The summed E-state index contributed by atoms with van der Waals surface area (Å²) < 4.78 is 54.2. The minimum atomic E-state index is -4.66. The van der Waals surface area contributed by atoms with Gasteiger partial charge >= 0.3 is 12.1 Å². The van der Waals surface area contributed by atoms with Crippen LogP contribution in [0.3, 0.4) is 0 Å². The van der Waals surface area contributed by atoms with Crippen molar-refractivity contribution in [3.63, 3.8) is 0 Å². The van der Waals surface area contributed by atoms with Crippen LogP contribution in [-0.2, 0) is 23.9 Å². The van der Waals surface area contributed by atoms with Crippen LogP contribution < -0.4 is 10.5 Å². The molecule has 178 valence electrons. The molecule has 0 atom stereocenters. The number of esters is 1. The van der Waals surface area contributed by atoms with E-state index in [4.69, 9.17) is 15.2 Å². The molecule has 0 aliphatic carbocycles. The third-order valence-electron chi connectivity index (χ3n) is 5.14. The van der Waals surface area contributed by atoms with E-state index in [-0.39, 0.29) is 35.9 Å². The van der Waals surface area contributed by atoms with Crippen molar-refractivity contribution in [1.29, 1.82) is 0 Å². The fourth-order valence-electron chi connectivity index (χ4n) is 3.58. The fraction of sp³-hybridized carbons (Fsp3) is 0.273. The number of hydrogen-bond acceptors (Lipinski definition) is 7. The molecular weight excluding hydrogens is 453 g/mol.